The summed E-state index contributed by atoms with van der Waals surface area (Å²) in [6.07, 6.45) is 0.272. The average molecular weight is 269 g/mol. The Hall–Kier alpha value is -1.33. The molecule has 0 spiro atoms. The second-order valence-electron chi connectivity index (χ2n) is 5.12. The molecular weight excluding hydrogens is 252 g/mol. The van der Waals surface area contributed by atoms with Crippen LogP contribution in [0.3, 0.4) is 0 Å². The molecule has 1 N–H and O–H groups in total. The normalized spacial score (nSPS) is 24.4. The van der Waals surface area contributed by atoms with E-state index in [1.54, 1.807) is 0 Å². The average Bonchev–Trinajstić information content (AvgIpc) is 2.33. The van der Waals surface area contributed by atoms with E-state index < -0.39 is 11.6 Å². The van der Waals surface area contributed by atoms with Gasteiger partial charge in [0, 0.05) is 19.2 Å². The Bertz CT molecular complexity index is 479. The Balaban J connectivity index is 2.01. The van der Waals surface area contributed by atoms with Crippen molar-refractivity contribution >= 4 is 5.78 Å². The molecule has 1 aliphatic rings. The number of carbonyl (C=O) groups excluding carboxylic acids is 1. The number of aliphatic hydroxyl groups is 1. The SMILES string of the molecule is CC1CN(CC(=O)c2ccc(F)cc2F)CCC1O. The number of halogens is 2. The van der Waals surface area contributed by atoms with Crippen molar-refractivity contribution < 1.29 is 18.7 Å². The maximum Gasteiger partial charge on any atom is 0.179 e. The lowest BCUT2D eigenvalue weighted by Crippen LogP contribution is -2.44. The number of carbonyl (C=O) groups is 1. The molecule has 1 aromatic carbocycles. The van der Waals surface area contributed by atoms with Crippen molar-refractivity contribution in [2.24, 2.45) is 5.92 Å². The summed E-state index contributed by atoms with van der Waals surface area (Å²) in [5.41, 5.74) is -0.0832. The molecule has 0 aliphatic carbocycles. The zero-order valence-electron chi connectivity index (χ0n) is 10.8. The third-order valence-electron chi connectivity index (χ3n) is 3.54. The van der Waals surface area contributed by atoms with Crippen molar-refractivity contribution in [3.8, 4) is 0 Å². The monoisotopic (exact) mass is 269 g/mol. The van der Waals surface area contributed by atoms with E-state index in [2.05, 4.69) is 0 Å². The van der Waals surface area contributed by atoms with E-state index >= 15 is 0 Å². The zero-order chi connectivity index (χ0) is 14.0. The van der Waals surface area contributed by atoms with Crippen molar-refractivity contribution in [2.75, 3.05) is 19.6 Å². The molecule has 2 unspecified atom stereocenters. The predicted molar refractivity (Wildman–Crippen MR) is 66.9 cm³/mol. The first-order chi connectivity index (χ1) is 8.97. The fourth-order valence-electron chi connectivity index (χ4n) is 2.37. The fourth-order valence-corrected chi connectivity index (χ4v) is 2.37. The third-order valence-corrected chi connectivity index (χ3v) is 3.54. The van der Waals surface area contributed by atoms with Gasteiger partial charge in [0.1, 0.15) is 11.6 Å². The van der Waals surface area contributed by atoms with Gasteiger partial charge in [0.05, 0.1) is 18.2 Å². The molecule has 1 aromatic rings. The molecule has 3 nitrogen and oxygen atoms in total. The van der Waals surface area contributed by atoms with Crippen LogP contribution in [0.5, 0.6) is 0 Å². The first-order valence-corrected chi connectivity index (χ1v) is 6.36. The molecule has 104 valence electrons. The number of likely N-dealkylation sites (tertiary alicyclic amines) is 1. The van der Waals surface area contributed by atoms with Crippen LogP contribution in [0.2, 0.25) is 0 Å². The van der Waals surface area contributed by atoms with Crippen LogP contribution in [0, 0.1) is 17.6 Å². The maximum absolute atomic E-state index is 13.5. The number of rotatable bonds is 3. The second-order valence-corrected chi connectivity index (χ2v) is 5.12. The van der Waals surface area contributed by atoms with Crippen molar-refractivity contribution in [1.82, 2.24) is 4.90 Å². The van der Waals surface area contributed by atoms with Gasteiger partial charge in [-0.1, -0.05) is 6.92 Å². The van der Waals surface area contributed by atoms with Crippen LogP contribution in [0.25, 0.3) is 0 Å². The van der Waals surface area contributed by atoms with Crippen LogP contribution < -0.4 is 0 Å². The molecule has 5 heteroatoms. The smallest absolute Gasteiger partial charge is 0.179 e. The van der Waals surface area contributed by atoms with Gasteiger partial charge in [0.15, 0.2) is 5.78 Å². The maximum atomic E-state index is 13.5. The van der Waals surface area contributed by atoms with Gasteiger partial charge >= 0.3 is 0 Å². The summed E-state index contributed by atoms with van der Waals surface area (Å²) in [6.45, 7) is 3.23. The Morgan fingerprint density at radius 2 is 2.21 bits per heavy atom. The van der Waals surface area contributed by atoms with Gasteiger partial charge in [-0.2, -0.15) is 0 Å². The lowest BCUT2D eigenvalue weighted by Gasteiger charge is -2.33. The van der Waals surface area contributed by atoms with E-state index in [1.807, 2.05) is 11.8 Å². The molecule has 0 amide bonds. The predicted octanol–water partition coefficient (Wildman–Crippen LogP) is 1.85. The number of Topliss-reactive ketones (excluding diaryl/α,β-unsaturated/α-hetero) is 1. The number of aliphatic hydroxyl groups excluding tert-OH is 1. The Morgan fingerprint density at radius 1 is 1.47 bits per heavy atom. The number of hydrogen-bond acceptors (Lipinski definition) is 3. The first-order valence-electron chi connectivity index (χ1n) is 6.36. The number of benzene rings is 1. The summed E-state index contributed by atoms with van der Waals surface area (Å²) >= 11 is 0. The van der Waals surface area contributed by atoms with E-state index in [-0.39, 0.29) is 29.9 Å². The molecule has 1 saturated heterocycles. The number of hydrogen-bond donors (Lipinski definition) is 1. The molecule has 0 radical (unpaired) electrons. The summed E-state index contributed by atoms with van der Waals surface area (Å²) in [6, 6.07) is 2.98. The van der Waals surface area contributed by atoms with E-state index in [0.29, 0.717) is 19.5 Å². The van der Waals surface area contributed by atoms with E-state index in [0.717, 1.165) is 12.1 Å². The quantitative estimate of drug-likeness (QED) is 0.851. The van der Waals surface area contributed by atoms with E-state index in [9.17, 15) is 18.7 Å². The molecule has 19 heavy (non-hydrogen) atoms. The van der Waals surface area contributed by atoms with E-state index in [1.165, 1.54) is 6.07 Å². The van der Waals surface area contributed by atoms with Crippen LogP contribution in [0.4, 0.5) is 8.78 Å². The van der Waals surface area contributed by atoms with Crippen molar-refractivity contribution in [3.05, 3.63) is 35.4 Å². The van der Waals surface area contributed by atoms with Crippen LogP contribution in [-0.4, -0.2) is 41.5 Å². The minimum absolute atomic E-state index is 0.0832. The Labute approximate surface area is 110 Å². The van der Waals surface area contributed by atoms with Gasteiger partial charge in [0.25, 0.3) is 0 Å². The molecule has 0 aromatic heterocycles. The van der Waals surface area contributed by atoms with Gasteiger partial charge in [-0.05, 0) is 24.5 Å². The molecule has 1 heterocycles. The second kappa shape index (κ2) is 5.75. The number of piperidine rings is 1. The molecule has 1 fully saturated rings. The molecular formula is C14H17F2NO2. The minimum Gasteiger partial charge on any atom is -0.393 e. The summed E-state index contributed by atoms with van der Waals surface area (Å²) in [5.74, 6) is -1.78. The highest BCUT2D eigenvalue weighted by Gasteiger charge is 2.26. The Morgan fingerprint density at radius 3 is 2.84 bits per heavy atom. The first kappa shape index (κ1) is 14.1. The van der Waals surface area contributed by atoms with Crippen LogP contribution >= 0.6 is 0 Å². The van der Waals surface area contributed by atoms with Crippen molar-refractivity contribution in [1.29, 1.82) is 0 Å². The lowest BCUT2D eigenvalue weighted by atomic mass is 9.96. The highest BCUT2D eigenvalue weighted by atomic mass is 19.1. The van der Waals surface area contributed by atoms with Gasteiger partial charge in [-0.3, -0.25) is 9.69 Å². The molecule has 0 bridgehead atoms. The fraction of sp³-hybridized carbons (Fsp3) is 0.500. The minimum atomic E-state index is -0.824. The van der Waals surface area contributed by atoms with Gasteiger partial charge in [-0.25, -0.2) is 8.78 Å². The standard InChI is InChI=1S/C14H17F2NO2/c1-9-7-17(5-4-13(9)18)8-14(19)11-3-2-10(15)6-12(11)16/h2-3,6,9,13,18H,4-5,7-8H2,1H3. The lowest BCUT2D eigenvalue weighted by molar-refractivity contribution is 0.0343. The summed E-state index contributed by atoms with van der Waals surface area (Å²) < 4.78 is 26.2. The van der Waals surface area contributed by atoms with Gasteiger partial charge in [0.2, 0.25) is 0 Å². The molecule has 2 rings (SSSR count). The van der Waals surface area contributed by atoms with Crippen LogP contribution in [-0.2, 0) is 0 Å². The number of nitrogens with zero attached hydrogens (tertiary/aromatic N) is 1. The van der Waals surface area contributed by atoms with Gasteiger partial charge in [-0.15, -0.1) is 0 Å². The highest BCUT2D eigenvalue weighted by Crippen LogP contribution is 2.17. The highest BCUT2D eigenvalue weighted by molar-refractivity contribution is 5.97. The Kier molecular flexibility index (Phi) is 4.27. The summed E-state index contributed by atoms with van der Waals surface area (Å²) in [7, 11) is 0. The van der Waals surface area contributed by atoms with Crippen molar-refractivity contribution in [2.45, 2.75) is 19.4 Å². The third kappa shape index (κ3) is 3.36. The molecule has 1 aliphatic heterocycles. The topological polar surface area (TPSA) is 40.5 Å². The van der Waals surface area contributed by atoms with Crippen LogP contribution in [0.1, 0.15) is 23.7 Å². The van der Waals surface area contributed by atoms with Crippen LogP contribution in [0.15, 0.2) is 18.2 Å². The zero-order valence-corrected chi connectivity index (χ0v) is 10.8. The largest absolute Gasteiger partial charge is 0.393 e. The molecule has 0 saturated carbocycles. The van der Waals surface area contributed by atoms with Crippen molar-refractivity contribution in [3.63, 3.8) is 0 Å². The van der Waals surface area contributed by atoms with Gasteiger partial charge < -0.3 is 5.11 Å². The summed E-state index contributed by atoms with van der Waals surface area (Å²) in [5, 5.41) is 9.61. The molecule has 2 atom stereocenters. The van der Waals surface area contributed by atoms with E-state index in [4.69, 9.17) is 0 Å². The summed E-state index contributed by atoms with van der Waals surface area (Å²) in [4.78, 5) is 13.9. The number of ketones is 1.